The lowest BCUT2D eigenvalue weighted by molar-refractivity contribution is -0.115. The smallest absolute Gasteiger partial charge is 0.231 e. The van der Waals surface area contributed by atoms with Crippen molar-refractivity contribution >= 4 is 11.8 Å². The van der Waals surface area contributed by atoms with Gasteiger partial charge in [0.2, 0.25) is 11.8 Å². The highest BCUT2D eigenvalue weighted by Crippen LogP contribution is 2.23. The zero-order valence-electron chi connectivity index (χ0n) is 17.2. The van der Waals surface area contributed by atoms with Crippen molar-refractivity contribution in [2.24, 2.45) is 5.92 Å². The molecule has 1 N–H and O–H groups in total. The highest BCUT2D eigenvalue weighted by molar-refractivity contribution is 5.91. The van der Waals surface area contributed by atoms with Gasteiger partial charge in [0.25, 0.3) is 0 Å². The topological polar surface area (TPSA) is 73.0 Å². The molecule has 0 fully saturated rings. The van der Waals surface area contributed by atoms with Crippen molar-refractivity contribution in [3.63, 3.8) is 0 Å². The zero-order chi connectivity index (χ0) is 20.3. The number of aromatic nitrogens is 3. The van der Waals surface area contributed by atoms with Gasteiger partial charge in [-0.25, -0.2) is 0 Å². The van der Waals surface area contributed by atoms with Gasteiger partial charge in [0.05, 0.1) is 12.1 Å². The molecule has 3 aromatic rings. The molecule has 148 valence electrons. The Bertz CT molecular complexity index is 952. The Morgan fingerprint density at radius 1 is 1.21 bits per heavy atom. The van der Waals surface area contributed by atoms with Gasteiger partial charge in [-0.15, -0.1) is 0 Å². The molecule has 0 bridgehead atoms. The van der Waals surface area contributed by atoms with E-state index >= 15 is 0 Å². The summed E-state index contributed by atoms with van der Waals surface area (Å²) in [6, 6.07) is 9.92. The number of hydrogen-bond acceptors (Lipinski definition) is 4. The molecule has 0 saturated carbocycles. The number of nitrogens with one attached hydrogen (secondary N) is 1. The number of nitrogens with zero attached hydrogens (tertiary/aromatic N) is 3. The Hall–Kier alpha value is -2.89. The summed E-state index contributed by atoms with van der Waals surface area (Å²) < 4.78 is 7.28. The number of aryl methyl sites for hydroxylation is 2. The predicted molar refractivity (Wildman–Crippen MR) is 110 cm³/mol. The number of benzene rings is 1. The lowest BCUT2D eigenvalue weighted by Gasteiger charge is -2.08. The molecule has 6 nitrogen and oxygen atoms in total. The Morgan fingerprint density at radius 3 is 2.57 bits per heavy atom. The Morgan fingerprint density at radius 2 is 1.93 bits per heavy atom. The summed E-state index contributed by atoms with van der Waals surface area (Å²) in [6.45, 7) is 11.2. The molecule has 2 aromatic heterocycles. The fourth-order valence-corrected chi connectivity index (χ4v) is 3.24. The minimum atomic E-state index is -0.140. The molecule has 0 aliphatic heterocycles. The normalized spacial score (nSPS) is 11.2. The average Bonchev–Trinajstić information content (AvgIpc) is 3.22. The second-order valence-corrected chi connectivity index (χ2v) is 7.58. The predicted octanol–water partition coefficient (Wildman–Crippen LogP) is 4.55. The number of hydrogen-bond donors (Lipinski definition) is 1. The number of rotatable bonds is 7. The van der Waals surface area contributed by atoms with Crippen LogP contribution in [0.2, 0.25) is 0 Å². The van der Waals surface area contributed by atoms with Crippen molar-refractivity contribution in [3.8, 4) is 11.3 Å². The first-order chi connectivity index (χ1) is 13.4. The van der Waals surface area contributed by atoms with E-state index in [0.717, 1.165) is 35.5 Å². The molecule has 1 amide bonds. The van der Waals surface area contributed by atoms with Gasteiger partial charge in [-0.05, 0) is 31.7 Å². The molecule has 28 heavy (non-hydrogen) atoms. The lowest BCUT2D eigenvalue weighted by atomic mass is 10.1. The molecule has 0 atom stereocenters. The second-order valence-electron chi connectivity index (χ2n) is 7.58. The molecule has 0 aliphatic rings. The Kier molecular flexibility index (Phi) is 5.97. The van der Waals surface area contributed by atoms with Crippen molar-refractivity contribution in [2.45, 2.75) is 54.0 Å². The minimum absolute atomic E-state index is 0.140. The summed E-state index contributed by atoms with van der Waals surface area (Å²) in [5.41, 5.74) is 5.83. The van der Waals surface area contributed by atoms with Crippen LogP contribution in [0.15, 0.2) is 34.9 Å². The molecule has 0 radical (unpaired) electrons. The van der Waals surface area contributed by atoms with Crippen LogP contribution in [-0.4, -0.2) is 20.8 Å². The largest absolute Gasteiger partial charge is 0.338 e. The van der Waals surface area contributed by atoms with E-state index in [4.69, 9.17) is 4.52 Å². The van der Waals surface area contributed by atoms with Crippen LogP contribution >= 0.6 is 0 Å². The van der Waals surface area contributed by atoms with Crippen molar-refractivity contribution in [2.75, 3.05) is 5.32 Å². The highest BCUT2D eigenvalue weighted by Gasteiger charge is 2.17. The monoisotopic (exact) mass is 380 g/mol. The van der Waals surface area contributed by atoms with Crippen LogP contribution in [0, 0.1) is 19.8 Å². The number of anilines is 1. The van der Waals surface area contributed by atoms with E-state index in [9.17, 15) is 4.79 Å². The minimum Gasteiger partial charge on any atom is -0.338 e. The van der Waals surface area contributed by atoms with Gasteiger partial charge in [0, 0.05) is 29.4 Å². The van der Waals surface area contributed by atoms with E-state index in [-0.39, 0.29) is 12.3 Å². The first-order valence-electron chi connectivity index (χ1n) is 9.76. The first-order valence-corrected chi connectivity index (χ1v) is 9.76. The van der Waals surface area contributed by atoms with E-state index in [2.05, 4.69) is 48.5 Å². The van der Waals surface area contributed by atoms with Crippen LogP contribution in [-0.2, 0) is 24.2 Å². The van der Waals surface area contributed by atoms with Crippen molar-refractivity contribution < 1.29 is 9.32 Å². The van der Waals surface area contributed by atoms with Crippen LogP contribution in [0.4, 0.5) is 5.88 Å². The Balaban J connectivity index is 1.67. The summed E-state index contributed by atoms with van der Waals surface area (Å²) in [6.07, 6.45) is 1.25. The third-order valence-electron chi connectivity index (χ3n) is 4.84. The third-order valence-corrected chi connectivity index (χ3v) is 4.84. The molecule has 3 rings (SSSR count). The number of carbonyl (C=O) groups is 1. The quantitative estimate of drug-likeness (QED) is 0.652. The van der Waals surface area contributed by atoms with Crippen LogP contribution in [0.5, 0.6) is 0 Å². The van der Waals surface area contributed by atoms with Crippen molar-refractivity contribution in [1.29, 1.82) is 0 Å². The summed E-state index contributed by atoms with van der Waals surface area (Å²) in [7, 11) is 0. The summed E-state index contributed by atoms with van der Waals surface area (Å²) in [5.74, 6) is 0.711. The van der Waals surface area contributed by atoms with Gasteiger partial charge >= 0.3 is 0 Å². The molecule has 2 heterocycles. The molecule has 0 spiro atoms. The van der Waals surface area contributed by atoms with E-state index in [1.165, 1.54) is 5.56 Å². The van der Waals surface area contributed by atoms with Gasteiger partial charge < -0.3 is 4.52 Å². The van der Waals surface area contributed by atoms with Crippen LogP contribution < -0.4 is 5.32 Å². The van der Waals surface area contributed by atoms with Crippen LogP contribution in [0.1, 0.15) is 43.3 Å². The molecule has 0 aliphatic carbocycles. The maximum Gasteiger partial charge on any atom is 0.231 e. The standard InChI is InChI=1S/C22H28N4O2/c1-6-17-7-9-18(10-8-17)20-12-22(28-25-20)23-21(27)11-19-15(4)24-26(16(19)5)13-14(2)3/h7-10,12,14H,6,11,13H2,1-5H3,(H,23,27). The fourth-order valence-electron chi connectivity index (χ4n) is 3.24. The maximum absolute atomic E-state index is 12.5. The van der Waals surface area contributed by atoms with E-state index in [0.29, 0.717) is 17.5 Å². The van der Waals surface area contributed by atoms with Gasteiger partial charge in [0.1, 0.15) is 5.69 Å². The van der Waals surface area contributed by atoms with Gasteiger partial charge in [-0.1, -0.05) is 50.2 Å². The van der Waals surface area contributed by atoms with E-state index in [1.54, 1.807) is 6.07 Å². The van der Waals surface area contributed by atoms with Gasteiger partial charge in [-0.2, -0.15) is 5.10 Å². The zero-order valence-corrected chi connectivity index (χ0v) is 17.2. The summed E-state index contributed by atoms with van der Waals surface area (Å²) in [4.78, 5) is 12.5. The first kappa shape index (κ1) is 19.9. The van der Waals surface area contributed by atoms with Gasteiger partial charge in [0.15, 0.2) is 0 Å². The lowest BCUT2D eigenvalue weighted by Crippen LogP contribution is -2.15. The number of amides is 1. The van der Waals surface area contributed by atoms with Crippen molar-refractivity contribution in [3.05, 3.63) is 52.8 Å². The number of carbonyl (C=O) groups excluding carboxylic acids is 1. The fraction of sp³-hybridized carbons (Fsp3) is 0.409. The second kappa shape index (κ2) is 8.42. The third kappa shape index (κ3) is 4.50. The maximum atomic E-state index is 12.5. The molecule has 1 aromatic carbocycles. The summed E-state index contributed by atoms with van der Waals surface area (Å²) >= 11 is 0. The van der Waals surface area contributed by atoms with E-state index < -0.39 is 0 Å². The highest BCUT2D eigenvalue weighted by atomic mass is 16.5. The summed E-state index contributed by atoms with van der Waals surface area (Å²) in [5, 5.41) is 11.4. The van der Waals surface area contributed by atoms with E-state index in [1.807, 2.05) is 30.7 Å². The molecule has 6 heteroatoms. The average molecular weight is 380 g/mol. The van der Waals surface area contributed by atoms with Crippen LogP contribution in [0.25, 0.3) is 11.3 Å². The molecular weight excluding hydrogens is 352 g/mol. The van der Waals surface area contributed by atoms with Crippen molar-refractivity contribution in [1.82, 2.24) is 14.9 Å². The van der Waals surface area contributed by atoms with Crippen LogP contribution in [0.3, 0.4) is 0 Å². The van der Waals surface area contributed by atoms with Gasteiger partial charge in [-0.3, -0.25) is 14.8 Å². The molecular formula is C22H28N4O2. The molecule has 0 unspecified atom stereocenters. The SMILES string of the molecule is CCc1ccc(-c2cc(NC(=O)Cc3c(C)nn(CC(C)C)c3C)on2)cc1. The Labute approximate surface area is 165 Å². The molecule has 0 saturated heterocycles.